The van der Waals surface area contributed by atoms with Gasteiger partial charge in [0, 0.05) is 10.6 Å². The van der Waals surface area contributed by atoms with Gasteiger partial charge in [-0.1, -0.05) is 23.7 Å². The summed E-state index contributed by atoms with van der Waals surface area (Å²) in [5.74, 6) is 0.159. The molecule has 0 fully saturated rings. The van der Waals surface area contributed by atoms with E-state index in [2.05, 4.69) is 12.6 Å². The smallest absolute Gasteiger partial charge is 0.144 e. The molecule has 0 unspecified atom stereocenters. The molecular formula is C10H11Cl2NOS. The van der Waals surface area contributed by atoms with E-state index in [4.69, 9.17) is 28.6 Å². The molecule has 15 heavy (non-hydrogen) atoms. The summed E-state index contributed by atoms with van der Waals surface area (Å²) in [7, 11) is 0. The first-order valence-corrected chi connectivity index (χ1v) is 5.42. The number of rotatable bonds is 2. The lowest BCUT2D eigenvalue weighted by molar-refractivity contribution is -0.114. The summed E-state index contributed by atoms with van der Waals surface area (Å²) in [6, 6.07) is 7.00. The van der Waals surface area contributed by atoms with E-state index in [1.165, 1.54) is 6.92 Å². The number of hydrogen-bond acceptors (Lipinski definition) is 2. The van der Waals surface area contributed by atoms with Crippen LogP contribution in [0.1, 0.15) is 12.5 Å². The lowest BCUT2D eigenvalue weighted by atomic mass is 10.2. The van der Waals surface area contributed by atoms with E-state index >= 15 is 0 Å². The molecule has 0 radical (unpaired) electrons. The molecule has 0 heterocycles. The van der Waals surface area contributed by atoms with Crippen LogP contribution in [0, 0.1) is 5.41 Å². The molecule has 0 aliphatic rings. The quantitative estimate of drug-likeness (QED) is 0.365. The van der Waals surface area contributed by atoms with Gasteiger partial charge < -0.3 is 0 Å². The maximum Gasteiger partial charge on any atom is 0.144 e. The molecule has 1 N–H and O–H groups in total. The number of carbonyl (C=O) groups is 1. The SMILES string of the molecule is CC(=O)CCl.N=C(S)c1ccc(Cl)cc1. The van der Waals surface area contributed by atoms with Gasteiger partial charge in [-0.05, 0) is 19.1 Å². The number of nitrogens with one attached hydrogen (secondary N) is 1. The van der Waals surface area contributed by atoms with Gasteiger partial charge in [0.05, 0.1) is 10.9 Å². The highest BCUT2D eigenvalue weighted by molar-refractivity contribution is 7.97. The van der Waals surface area contributed by atoms with Crippen molar-refractivity contribution in [3.8, 4) is 0 Å². The largest absolute Gasteiger partial charge is 0.299 e. The molecule has 5 heteroatoms. The molecule has 1 aromatic rings. The third-order valence-corrected chi connectivity index (χ3v) is 2.19. The first-order valence-electron chi connectivity index (χ1n) is 4.06. The Labute approximate surface area is 105 Å². The van der Waals surface area contributed by atoms with Gasteiger partial charge in [-0.25, -0.2) is 0 Å². The van der Waals surface area contributed by atoms with Gasteiger partial charge in [0.25, 0.3) is 0 Å². The van der Waals surface area contributed by atoms with Crippen LogP contribution in [0.4, 0.5) is 0 Å². The predicted octanol–water partition coefficient (Wildman–Crippen LogP) is 3.41. The monoisotopic (exact) mass is 263 g/mol. The van der Waals surface area contributed by atoms with Crippen molar-refractivity contribution in [1.29, 1.82) is 5.41 Å². The van der Waals surface area contributed by atoms with Gasteiger partial charge in [-0.2, -0.15) is 0 Å². The Morgan fingerprint density at radius 1 is 1.40 bits per heavy atom. The first kappa shape index (κ1) is 14.5. The minimum Gasteiger partial charge on any atom is -0.299 e. The fourth-order valence-corrected chi connectivity index (χ4v) is 0.883. The lowest BCUT2D eigenvalue weighted by Gasteiger charge is -1.94. The predicted molar refractivity (Wildman–Crippen MR) is 68.7 cm³/mol. The minimum absolute atomic E-state index is 0.0201. The van der Waals surface area contributed by atoms with Crippen molar-refractivity contribution in [2.45, 2.75) is 6.92 Å². The van der Waals surface area contributed by atoms with Gasteiger partial charge in [0.1, 0.15) is 5.78 Å². The highest BCUT2D eigenvalue weighted by Gasteiger charge is 1.93. The number of Topliss-reactive ketones (excluding diaryl/α,β-unsaturated/α-hetero) is 1. The van der Waals surface area contributed by atoms with Crippen LogP contribution in [0.3, 0.4) is 0 Å². The number of ketones is 1. The molecule has 2 nitrogen and oxygen atoms in total. The van der Waals surface area contributed by atoms with Crippen LogP contribution in [0.5, 0.6) is 0 Å². The third-order valence-electron chi connectivity index (χ3n) is 1.31. The Morgan fingerprint density at radius 2 is 1.80 bits per heavy atom. The summed E-state index contributed by atoms with van der Waals surface area (Å²) >= 11 is 14.5. The number of halogens is 2. The van der Waals surface area contributed by atoms with Crippen molar-refractivity contribution in [1.82, 2.24) is 0 Å². The average molecular weight is 264 g/mol. The summed E-state index contributed by atoms with van der Waals surface area (Å²) < 4.78 is 0. The van der Waals surface area contributed by atoms with Gasteiger partial charge >= 0.3 is 0 Å². The van der Waals surface area contributed by atoms with Crippen molar-refractivity contribution in [2.24, 2.45) is 0 Å². The lowest BCUT2D eigenvalue weighted by Crippen LogP contribution is -1.86. The summed E-state index contributed by atoms with van der Waals surface area (Å²) in [4.78, 5) is 9.68. The fourth-order valence-electron chi connectivity index (χ4n) is 0.608. The van der Waals surface area contributed by atoms with Gasteiger partial charge in [-0.3, -0.25) is 10.2 Å². The molecule has 82 valence electrons. The molecule has 0 saturated heterocycles. The molecular weight excluding hydrogens is 253 g/mol. The van der Waals surface area contributed by atoms with Crippen LogP contribution in [-0.4, -0.2) is 16.7 Å². The van der Waals surface area contributed by atoms with E-state index < -0.39 is 0 Å². The second kappa shape index (κ2) is 7.74. The second-order valence-corrected chi connectivity index (χ2v) is 3.84. The molecule has 0 bridgehead atoms. The van der Waals surface area contributed by atoms with Crippen LogP contribution in [0.15, 0.2) is 24.3 Å². The number of alkyl halides is 1. The zero-order chi connectivity index (χ0) is 11.8. The van der Waals surface area contributed by atoms with Gasteiger partial charge in [0.15, 0.2) is 0 Å². The van der Waals surface area contributed by atoms with E-state index in [1.807, 2.05) is 0 Å². The number of benzene rings is 1. The minimum atomic E-state index is 0.0201. The molecule has 0 spiro atoms. The zero-order valence-electron chi connectivity index (χ0n) is 8.13. The van der Waals surface area contributed by atoms with Gasteiger partial charge in [-0.15, -0.1) is 24.2 Å². The van der Waals surface area contributed by atoms with Crippen molar-refractivity contribution in [3.63, 3.8) is 0 Å². The molecule has 0 amide bonds. The maximum atomic E-state index is 9.68. The van der Waals surface area contributed by atoms with E-state index in [0.717, 1.165) is 5.56 Å². The zero-order valence-corrected chi connectivity index (χ0v) is 10.5. The highest BCUT2D eigenvalue weighted by atomic mass is 35.5. The Hall–Kier alpha value is -0.510. The summed E-state index contributed by atoms with van der Waals surface area (Å²) in [5.41, 5.74) is 0.785. The topological polar surface area (TPSA) is 40.9 Å². The molecule has 0 saturated carbocycles. The average Bonchev–Trinajstić information content (AvgIpc) is 2.19. The molecule has 0 aliphatic carbocycles. The normalized spacial score (nSPS) is 8.80. The Balaban J connectivity index is 0.000000336. The van der Waals surface area contributed by atoms with E-state index in [9.17, 15) is 4.79 Å². The van der Waals surface area contributed by atoms with E-state index in [0.29, 0.717) is 5.02 Å². The number of carbonyl (C=O) groups excluding carboxylic acids is 1. The fraction of sp³-hybridized carbons (Fsp3) is 0.200. The summed E-state index contributed by atoms with van der Waals surface area (Å²) in [5, 5.41) is 8.07. The Bertz CT molecular complexity index is 338. The van der Waals surface area contributed by atoms with Crippen molar-refractivity contribution < 1.29 is 4.79 Å². The summed E-state index contributed by atoms with van der Waals surface area (Å²) in [6.07, 6.45) is 0. The molecule has 0 aromatic heterocycles. The van der Waals surface area contributed by atoms with Crippen molar-refractivity contribution in [3.05, 3.63) is 34.9 Å². The first-order chi connectivity index (χ1) is 6.97. The standard InChI is InChI=1S/C7H6ClNS.C3H5ClO/c8-6-3-1-5(2-4-6)7(9)10;1-3(5)2-4/h1-4H,(H2,9,10);2H2,1H3. The van der Waals surface area contributed by atoms with Crippen LogP contribution in [0.25, 0.3) is 0 Å². The summed E-state index contributed by atoms with van der Waals surface area (Å²) in [6.45, 7) is 1.45. The second-order valence-electron chi connectivity index (χ2n) is 2.69. The van der Waals surface area contributed by atoms with Crippen molar-refractivity contribution >= 4 is 46.7 Å². The Kier molecular flexibility index (Phi) is 7.48. The third kappa shape index (κ3) is 7.42. The van der Waals surface area contributed by atoms with Crippen LogP contribution in [-0.2, 0) is 4.79 Å². The molecule has 0 aliphatic heterocycles. The van der Waals surface area contributed by atoms with Crippen LogP contribution in [0.2, 0.25) is 5.02 Å². The number of hydrogen-bond donors (Lipinski definition) is 2. The van der Waals surface area contributed by atoms with Crippen molar-refractivity contribution in [2.75, 3.05) is 5.88 Å². The van der Waals surface area contributed by atoms with E-state index in [-0.39, 0.29) is 16.7 Å². The molecule has 1 rings (SSSR count). The van der Waals surface area contributed by atoms with Crippen LogP contribution < -0.4 is 0 Å². The molecule has 1 aromatic carbocycles. The van der Waals surface area contributed by atoms with Gasteiger partial charge in [0.2, 0.25) is 0 Å². The number of thiol groups is 1. The Morgan fingerprint density at radius 3 is 2.07 bits per heavy atom. The molecule has 0 atom stereocenters. The highest BCUT2D eigenvalue weighted by Crippen LogP contribution is 2.10. The van der Waals surface area contributed by atoms with E-state index in [1.54, 1.807) is 24.3 Å². The maximum absolute atomic E-state index is 9.68. The van der Waals surface area contributed by atoms with Crippen LogP contribution >= 0.6 is 35.8 Å².